The van der Waals surface area contributed by atoms with Crippen LogP contribution in [-0.2, 0) is 18.3 Å². The lowest BCUT2D eigenvalue weighted by molar-refractivity contribution is 0.0587. The van der Waals surface area contributed by atoms with Crippen molar-refractivity contribution in [3.05, 3.63) is 48.0 Å². The summed E-state index contributed by atoms with van der Waals surface area (Å²) < 4.78 is 9.59. The normalized spacial score (nSPS) is 11.8. The van der Waals surface area contributed by atoms with Gasteiger partial charge in [-0.1, -0.05) is 18.2 Å². The van der Waals surface area contributed by atoms with E-state index >= 15 is 0 Å². The monoisotopic (exact) mass is 448 g/mol. The molecule has 0 atom stereocenters. The molecule has 2 aromatic heterocycles. The minimum Gasteiger partial charge on any atom is -0.478 e. The average molecular weight is 449 g/mol. The van der Waals surface area contributed by atoms with E-state index in [0.717, 1.165) is 23.1 Å². The number of aromatic carboxylic acids is 1. The van der Waals surface area contributed by atoms with Gasteiger partial charge in [-0.05, 0) is 52.0 Å². The minimum absolute atomic E-state index is 0.0496. The Kier molecular flexibility index (Phi) is 5.40. The molecule has 8 heteroatoms. The lowest BCUT2D eigenvalue weighted by Crippen LogP contribution is -2.34. The number of hydrogen-bond donors (Lipinski definition) is 1. The third kappa shape index (κ3) is 3.92. The number of hydrogen-bond acceptors (Lipinski definition) is 4. The van der Waals surface area contributed by atoms with Gasteiger partial charge in [0, 0.05) is 31.5 Å². The number of carbonyl (C=O) groups is 2. The molecule has 1 amide bonds. The number of nitrogens with zero attached hydrogens (tertiary/aromatic N) is 4. The lowest BCUT2D eigenvalue weighted by atomic mass is 10.1. The van der Waals surface area contributed by atoms with Gasteiger partial charge in [-0.3, -0.25) is 4.90 Å². The fourth-order valence-corrected chi connectivity index (χ4v) is 4.10. The number of aromatic nitrogens is 3. The topological polar surface area (TPSA) is 89.6 Å². The van der Waals surface area contributed by atoms with Gasteiger partial charge in [-0.25, -0.2) is 14.6 Å². The van der Waals surface area contributed by atoms with E-state index in [1.807, 2.05) is 23.7 Å². The van der Waals surface area contributed by atoms with Gasteiger partial charge in [-0.2, -0.15) is 0 Å². The smallest absolute Gasteiger partial charge is 0.414 e. The molecule has 0 aliphatic carbocycles. The molecule has 2 aromatic carbocycles. The molecule has 8 nitrogen and oxygen atoms in total. The highest BCUT2D eigenvalue weighted by atomic mass is 16.6. The molecular formula is C25H28N4O4. The first-order chi connectivity index (χ1) is 15.5. The molecule has 0 spiro atoms. The molecule has 0 aliphatic heterocycles. The quantitative estimate of drug-likeness (QED) is 0.458. The Bertz CT molecular complexity index is 1390. The Balaban J connectivity index is 1.96. The van der Waals surface area contributed by atoms with Crippen LogP contribution in [0.15, 0.2) is 42.5 Å². The van der Waals surface area contributed by atoms with E-state index in [4.69, 9.17) is 9.72 Å². The van der Waals surface area contributed by atoms with Crippen molar-refractivity contribution in [1.82, 2.24) is 14.1 Å². The van der Waals surface area contributed by atoms with Crippen LogP contribution in [0.3, 0.4) is 0 Å². The van der Waals surface area contributed by atoms with Gasteiger partial charge < -0.3 is 19.0 Å². The van der Waals surface area contributed by atoms with Crippen molar-refractivity contribution in [3.63, 3.8) is 0 Å². The Hall–Kier alpha value is -3.81. The number of benzene rings is 2. The van der Waals surface area contributed by atoms with E-state index in [1.165, 1.54) is 17.0 Å². The molecule has 0 saturated carbocycles. The second-order valence-corrected chi connectivity index (χ2v) is 9.03. The standard InChI is InChI=1S/C25H28N4O4/c1-7-29-18-11-9-8-10-15(18)13-20(29)22-26-17-12-16(23(30)31)14-19(21(17)28(22)6)27(5)24(32)33-25(2,3)4/h8-14H,7H2,1-6H3,(H,30,31). The average Bonchev–Trinajstić information content (AvgIpc) is 3.28. The molecule has 0 fully saturated rings. The maximum atomic E-state index is 12.8. The Morgan fingerprint density at radius 1 is 1.15 bits per heavy atom. The van der Waals surface area contributed by atoms with Gasteiger partial charge in [0.05, 0.1) is 28.0 Å². The summed E-state index contributed by atoms with van der Waals surface area (Å²) in [5.74, 6) is -0.407. The second kappa shape index (κ2) is 7.95. The van der Waals surface area contributed by atoms with E-state index < -0.39 is 17.7 Å². The molecule has 0 aliphatic rings. The molecule has 4 aromatic rings. The first-order valence-corrected chi connectivity index (χ1v) is 10.8. The maximum Gasteiger partial charge on any atom is 0.414 e. The van der Waals surface area contributed by atoms with Gasteiger partial charge in [0.2, 0.25) is 0 Å². The van der Waals surface area contributed by atoms with Gasteiger partial charge >= 0.3 is 12.1 Å². The molecule has 33 heavy (non-hydrogen) atoms. The van der Waals surface area contributed by atoms with Crippen molar-refractivity contribution < 1.29 is 19.4 Å². The molecule has 1 N–H and O–H groups in total. The van der Waals surface area contributed by atoms with Crippen LogP contribution in [0.25, 0.3) is 33.5 Å². The first kappa shape index (κ1) is 22.4. The van der Waals surface area contributed by atoms with Gasteiger partial charge in [0.25, 0.3) is 0 Å². The van der Waals surface area contributed by atoms with Crippen LogP contribution < -0.4 is 4.90 Å². The van der Waals surface area contributed by atoms with E-state index in [0.29, 0.717) is 22.5 Å². The van der Waals surface area contributed by atoms with Crippen LogP contribution in [0.1, 0.15) is 38.1 Å². The zero-order valence-electron chi connectivity index (χ0n) is 19.7. The summed E-state index contributed by atoms with van der Waals surface area (Å²) >= 11 is 0. The first-order valence-electron chi connectivity index (χ1n) is 10.8. The second-order valence-electron chi connectivity index (χ2n) is 9.03. The fourth-order valence-electron chi connectivity index (χ4n) is 4.10. The Morgan fingerprint density at radius 2 is 1.85 bits per heavy atom. The number of amides is 1. The predicted octanol–water partition coefficient (Wildman–Crippen LogP) is 5.28. The van der Waals surface area contributed by atoms with Crippen molar-refractivity contribution in [2.45, 2.75) is 39.8 Å². The van der Waals surface area contributed by atoms with E-state index in [-0.39, 0.29) is 5.56 Å². The van der Waals surface area contributed by atoms with E-state index in [1.54, 1.807) is 27.8 Å². The molecular weight excluding hydrogens is 420 g/mol. The highest BCUT2D eigenvalue weighted by molar-refractivity contribution is 6.04. The van der Waals surface area contributed by atoms with Crippen LogP contribution in [0, 0.1) is 0 Å². The molecule has 0 radical (unpaired) electrons. The van der Waals surface area contributed by atoms with Crippen molar-refractivity contribution in [2.24, 2.45) is 7.05 Å². The molecule has 0 bridgehead atoms. The number of fused-ring (bicyclic) bond motifs is 2. The lowest BCUT2D eigenvalue weighted by Gasteiger charge is -2.25. The number of carboxylic acids is 1. The number of carbonyl (C=O) groups excluding carboxylic acids is 1. The summed E-state index contributed by atoms with van der Waals surface area (Å²) in [5.41, 5.74) is 2.93. The van der Waals surface area contributed by atoms with Crippen molar-refractivity contribution in [1.29, 1.82) is 0 Å². The number of anilines is 1. The molecule has 2 heterocycles. The van der Waals surface area contributed by atoms with Crippen LogP contribution in [0.5, 0.6) is 0 Å². The van der Waals surface area contributed by atoms with Gasteiger partial charge in [0.1, 0.15) is 5.60 Å². The van der Waals surface area contributed by atoms with Crippen LogP contribution in [0.2, 0.25) is 0 Å². The number of aryl methyl sites for hydroxylation is 2. The third-order valence-electron chi connectivity index (χ3n) is 5.58. The number of rotatable bonds is 4. The summed E-state index contributed by atoms with van der Waals surface area (Å²) in [6.07, 6.45) is -0.572. The summed E-state index contributed by atoms with van der Waals surface area (Å²) in [6, 6.07) is 13.2. The molecule has 172 valence electrons. The Labute approximate surface area is 192 Å². The summed E-state index contributed by atoms with van der Waals surface area (Å²) in [7, 11) is 3.44. The predicted molar refractivity (Wildman–Crippen MR) is 129 cm³/mol. The Morgan fingerprint density at radius 3 is 2.48 bits per heavy atom. The third-order valence-corrected chi connectivity index (χ3v) is 5.58. The maximum absolute atomic E-state index is 12.8. The van der Waals surface area contributed by atoms with Crippen LogP contribution >= 0.6 is 0 Å². The van der Waals surface area contributed by atoms with Crippen LogP contribution in [-0.4, -0.2) is 43.9 Å². The zero-order valence-corrected chi connectivity index (χ0v) is 19.7. The number of ether oxygens (including phenoxy) is 1. The van der Waals surface area contributed by atoms with Crippen molar-refractivity contribution in [3.8, 4) is 11.5 Å². The highest BCUT2D eigenvalue weighted by Crippen LogP contribution is 2.35. The number of imidazole rings is 1. The van der Waals surface area contributed by atoms with Gasteiger partial charge in [-0.15, -0.1) is 0 Å². The van der Waals surface area contributed by atoms with Crippen molar-refractivity contribution >= 4 is 39.7 Å². The van der Waals surface area contributed by atoms with Gasteiger partial charge in [0.15, 0.2) is 5.82 Å². The molecule has 4 rings (SSSR count). The van der Waals surface area contributed by atoms with E-state index in [9.17, 15) is 14.7 Å². The fraction of sp³-hybridized carbons (Fsp3) is 0.320. The number of carboxylic acid groups (broad SMARTS) is 1. The highest BCUT2D eigenvalue weighted by Gasteiger charge is 2.26. The van der Waals surface area contributed by atoms with Crippen molar-refractivity contribution in [2.75, 3.05) is 11.9 Å². The molecule has 0 saturated heterocycles. The molecule has 0 unspecified atom stereocenters. The SMILES string of the molecule is CCn1c(-c2nc3cc(C(=O)O)cc(N(C)C(=O)OC(C)(C)C)c3n2C)cc2ccccc21. The minimum atomic E-state index is -1.09. The number of para-hydroxylation sites is 1. The largest absolute Gasteiger partial charge is 0.478 e. The zero-order chi connectivity index (χ0) is 24.1. The summed E-state index contributed by atoms with van der Waals surface area (Å²) in [4.78, 5) is 30.8. The van der Waals surface area contributed by atoms with Crippen LogP contribution in [0.4, 0.5) is 10.5 Å². The summed E-state index contributed by atoms with van der Waals surface area (Å²) in [6.45, 7) is 8.18. The van der Waals surface area contributed by atoms with E-state index in [2.05, 4.69) is 29.7 Å². The summed E-state index contributed by atoms with van der Waals surface area (Å²) in [5, 5.41) is 10.8.